The van der Waals surface area contributed by atoms with Gasteiger partial charge in [-0.2, -0.15) is 5.10 Å². The lowest BCUT2D eigenvalue weighted by molar-refractivity contribution is -0.190. The molecule has 2 saturated heterocycles. The fraction of sp³-hybridized carbons (Fsp3) is 0.324. The first-order chi connectivity index (χ1) is 23.0. The van der Waals surface area contributed by atoms with Crippen LogP contribution in [0.15, 0.2) is 96.0 Å². The Kier molecular flexibility index (Phi) is 9.51. The summed E-state index contributed by atoms with van der Waals surface area (Å²) in [6, 6.07) is 22.1. The number of ether oxygens (including phenoxy) is 3. The Morgan fingerprint density at radius 2 is 1.70 bits per heavy atom. The van der Waals surface area contributed by atoms with Crippen molar-refractivity contribution >= 4 is 51.6 Å². The highest BCUT2D eigenvalue weighted by Gasteiger charge is 2.45. The zero-order chi connectivity index (χ0) is 32.2. The molecular weight excluding hydrogens is 657 g/mol. The average molecular weight is 693 g/mol. The highest BCUT2D eigenvalue weighted by atomic mass is 35.5. The van der Waals surface area contributed by atoms with E-state index in [2.05, 4.69) is 79.3 Å². The summed E-state index contributed by atoms with van der Waals surface area (Å²) in [5.74, 6) is -0.374. The first-order valence-corrected chi connectivity index (χ1v) is 17.2. The molecule has 0 spiro atoms. The number of nitrogens with zero attached hydrogens (tertiary/aromatic N) is 7. The molecule has 0 bridgehead atoms. The summed E-state index contributed by atoms with van der Waals surface area (Å²) >= 11 is 14.4. The summed E-state index contributed by atoms with van der Waals surface area (Å²) in [5, 5.41) is 7.30. The highest BCUT2D eigenvalue weighted by Crippen LogP contribution is 2.40. The van der Waals surface area contributed by atoms with E-state index in [9.17, 15) is 0 Å². The molecule has 3 aromatic carbocycles. The molecule has 5 aromatic rings. The molecule has 0 amide bonds. The second-order valence-electron chi connectivity index (χ2n) is 11.4. The van der Waals surface area contributed by atoms with Gasteiger partial charge in [-0.15, -0.1) is 11.3 Å². The van der Waals surface area contributed by atoms with Crippen LogP contribution < -0.4 is 19.3 Å². The van der Waals surface area contributed by atoms with Gasteiger partial charge < -0.3 is 28.6 Å². The predicted octanol–water partition coefficient (Wildman–Crippen LogP) is 6.37. The predicted molar refractivity (Wildman–Crippen MR) is 185 cm³/mol. The van der Waals surface area contributed by atoms with Gasteiger partial charge in [0.15, 0.2) is 4.80 Å². The Balaban J connectivity index is 0.927. The molecule has 2 atom stereocenters. The van der Waals surface area contributed by atoms with E-state index in [1.807, 2.05) is 18.2 Å². The number of thiazole rings is 1. The van der Waals surface area contributed by atoms with Gasteiger partial charge in [-0.05, 0) is 67.6 Å². The number of benzene rings is 3. The van der Waals surface area contributed by atoms with Gasteiger partial charge in [-0.25, -0.2) is 14.7 Å². The lowest BCUT2D eigenvalue weighted by atomic mass is 10.1. The van der Waals surface area contributed by atoms with Crippen LogP contribution in [0.1, 0.15) is 12.5 Å². The number of aryl methyl sites for hydroxylation is 1. The number of halogens is 2. The van der Waals surface area contributed by atoms with Crippen molar-refractivity contribution in [1.29, 1.82) is 0 Å². The third-order valence-electron chi connectivity index (χ3n) is 8.40. The summed E-state index contributed by atoms with van der Waals surface area (Å²) in [6.45, 7) is 7.75. The van der Waals surface area contributed by atoms with Crippen molar-refractivity contribution in [3.05, 3.63) is 111 Å². The van der Waals surface area contributed by atoms with Crippen LogP contribution in [0.3, 0.4) is 0 Å². The van der Waals surface area contributed by atoms with E-state index in [1.165, 1.54) is 17.7 Å². The minimum atomic E-state index is -1.14. The first kappa shape index (κ1) is 31.7. The smallest absolute Gasteiger partial charge is 0.217 e. The molecule has 2 aliphatic rings. The Labute approximate surface area is 287 Å². The molecule has 0 radical (unpaired) electrons. The number of piperazine rings is 1. The molecule has 0 saturated carbocycles. The van der Waals surface area contributed by atoms with Gasteiger partial charge >= 0.3 is 0 Å². The molecule has 0 aliphatic carbocycles. The molecule has 2 fully saturated rings. The number of rotatable bonds is 10. The van der Waals surface area contributed by atoms with Gasteiger partial charge in [-0.1, -0.05) is 29.3 Å². The largest absolute Gasteiger partial charge is 0.491 e. The highest BCUT2D eigenvalue weighted by molar-refractivity contribution is 7.07. The summed E-state index contributed by atoms with van der Waals surface area (Å²) in [6.07, 6.45) is 4.85. The van der Waals surface area contributed by atoms with Crippen LogP contribution in [0.2, 0.25) is 10.0 Å². The molecule has 244 valence electrons. The summed E-state index contributed by atoms with van der Waals surface area (Å²) in [4.78, 5) is 14.7. The van der Waals surface area contributed by atoms with Gasteiger partial charge in [-0.3, -0.25) is 0 Å². The zero-order valence-electron chi connectivity index (χ0n) is 25.9. The van der Waals surface area contributed by atoms with Crippen LogP contribution in [0.5, 0.6) is 5.75 Å². The van der Waals surface area contributed by atoms with Crippen LogP contribution in [0.25, 0.3) is 0 Å². The van der Waals surface area contributed by atoms with Crippen LogP contribution in [-0.4, -0.2) is 64.8 Å². The normalized spacial score (nSPS) is 20.2. The molecule has 4 heterocycles. The summed E-state index contributed by atoms with van der Waals surface area (Å²) < 4.78 is 22.7. The quantitative estimate of drug-likeness (QED) is 0.168. The number of hydrogen-bond donors (Lipinski definition) is 0. The van der Waals surface area contributed by atoms with E-state index in [0.717, 1.165) is 49.0 Å². The van der Waals surface area contributed by atoms with E-state index in [0.29, 0.717) is 28.8 Å². The van der Waals surface area contributed by atoms with Crippen molar-refractivity contribution in [3.8, 4) is 5.75 Å². The SMILES string of the molecule is CCn1ccsc1=Nc1ccc(N2CCN(c3ccc(OC[C@@H]4CO[C@@](Cn5cncn5)(c5ccc(Cl)cc5Cl)O4)cc3)CC2)cc1. The maximum Gasteiger partial charge on any atom is 0.217 e. The van der Waals surface area contributed by atoms with Crippen molar-refractivity contribution < 1.29 is 14.2 Å². The van der Waals surface area contributed by atoms with Gasteiger partial charge in [0.25, 0.3) is 0 Å². The topological polar surface area (TPSA) is 82.2 Å². The van der Waals surface area contributed by atoms with Gasteiger partial charge in [0.2, 0.25) is 5.79 Å². The molecule has 2 aromatic heterocycles. The van der Waals surface area contributed by atoms with Gasteiger partial charge in [0.05, 0.1) is 17.3 Å². The van der Waals surface area contributed by atoms with Gasteiger partial charge in [0.1, 0.15) is 37.7 Å². The maximum atomic E-state index is 6.58. The molecule has 13 heteroatoms. The molecule has 0 N–H and O–H groups in total. The summed E-state index contributed by atoms with van der Waals surface area (Å²) in [7, 11) is 0. The minimum absolute atomic E-state index is 0.280. The Hall–Kier alpha value is -3.87. The van der Waals surface area contributed by atoms with E-state index < -0.39 is 5.79 Å². The molecule has 47 heavy (non-hydrogen) atoms. The molecule has 0 unspecified atom stereocenters. The van der Waals surface area contributed by atoms with E-state index in [1.54, 1.807) is 34.5 Å². The van der Waals surface area contributed by atoms with Crippen LogP contribution in [-0.2, 0) is 28.4 Å². The summed E-state index contributed by atoms with van der Waals surface area (Å²) in [5.41, 5.74) is 4.06. The van der Waals surface area contributed by atoms with Crippen LogP contribution >= 0.6 is 34.5 Å². The first-order valence-electron chi connectivity index (χ1n) is 15.6. The lowest BCUT2D eigenvalue weighted by Gasteiger charge is -2.37. The maximum absolute atomic E-state index is 6.58. The monoisotopic (exact) mass is 691 g/mol. The van der Waals surface area contributed by atoms with Crippen molar-refractivity contribution in [1.82, 2.24) is 19.3 Å². The van der Waals surface area contributed by atoms with Crippen LogP contribution in [0, 0.1) is 0 Å². The second kappa shape index (κ2) is 14.1. The van der Waals surface area contributed by atoms with Crippen molar-refractivity contribution in [2.45, 2.75) is 31.9 Å². The number of anilines is 2. The second-order valence-corrected chi connectivity index (χ2v) is 13.1. The van der Waals surface area contributed by atoms with Crippen molar-refractivity contribution in [3.63, 3.8) is 0 Å². The Bertz CT molecular complexity index is 1840. The molecular formula is C34H35Cl2N7O3S. The third kappa shape index (κ3) is 7.19. The average Bonchev–Trinajstić information content (AvgIpc) is 3.87. The van der Waals surface area contributed by atoms with E-state index in [4.69, 9.17) is 42.4 Å². The van der Waals surface area contributed by atoms with Crippen molar-refractivity contribution in [2.24, 2.45) is 4.99 Å². The Morgan fingerprint density at radius 1 is 0.979 bits per heavy atom. The molecule has 10 nitrogen and oxygen atoms in total. The van der Waals surface area contributed by atoms with E-state index in [-0.39, 0.29) is 12.6 Å². The molecule has 7 rings (SSSR count). The fourth-order valence-electron chi connectivity index (χ4n) is 5.92. The van der Waals surface area contributed by atoms with Gasteiger partial charge in [0, 0.05) is 66.3 Å². The Morgan fingerprint density at radius 3 is 2.36 bits per heavy atom. The standard InChI is InChI=1S/C34H35Cl2N7O3S/c1-2-40-17-18-47-33(40)39-26-4-6-27(7-5-26)41-13-15-42(16-14-41)28-8-10-29(11-9-28)44-20-30-21-45-34(46-30,22-43-24-37-23-38-43)31-12-3-25(35)19-32(31)36/h3-12,17-19,23-24,30H,2,13-16,20-22H2,1H3/t30-,34-/m1/s1. The molecule has 2 aliphatic heterocycles. The minimum Gasteiger partial charge on any atom is -0.491 e. The fourth-order valence-corrected chi connectivity index (χ4v) is 7.29. The van der Waals surface area contributed by atoms with E-state index >= 15 is 0 Å². The van der Waals surface area contributed by atoms with Crippen molar-refractivity contribution in [2.75, 3.05) is 49.2 Å². The van der Waals surface area contributed by atoms with Crippen LogP contribution in [0.4, 0.5) is 17.1 Å². The lowest BCUT2D eigenvalue weighted by Crippen LogP contribution is -2.46. The third-order valence-corrected chi connectivity index (χ3v) is 9.74. The zero-order valence-corrected chi connectivity index (χ0v) is 28.2. The number of aromatic nitrogens is 4. The number of hydrogen-bond acceptors (Lipinski definition) is 9.